The minimum absolute atomic E-state index is 0.392. The zero-order chi connectivity index (χ0) is 12.3. The van der Waals surface area contributed by atoms with E-state index >= 15 is 0 Å². The molecule has 0 amide bonds. The minimum atomic E-state index is 0.392. The third kappa shape index (κ3) is 2.78. The van der Waals surface area contributed by atoms with Crippen LogP contribution in [0.5, 0.6) is 0 Å². The molecule has 6 unspecified atom stereocenters. The van der Waals surface area contributed by atoms with Crippen LogP contribution >= 0.6 is 0 Å². The highest BCUT2D eigenvalue weighted by Crippen LogP contribution is 2.37. The van der Waals surface area contributed by atoms with Crippen LogP contribution in [0.15, 0.2) is 0 Å². The lowest BCUT2D eigenvalue weighted by atomic mass is 9.77. The molecule has 1 rings (SSSR count). The van der Waals surface area contributed by atoms with Crippen molar-refractivity contribution in [2.45, 2.75) is 66.2 Å². The van der Waals surface area contributed by atoms with E-state index in [0.717, 1.165) is 12.5 Å². The first-order valence-electron chi connectivity index (χ1n) is 6.91. The van der Waals surface area contributed by atoms with Crippen LogP contribution in [0.2, 0.25) is 0 Å². The van der Waals surface area contributed by atoms with Gasteiger partial charge in [-0.15, -0.1) is 0 Å². The number of nitrogens with one attached hydrogen (secondary N) is 1. The second kappa shape index (κ2) is 6.02. The average molecular weight is 227 g/mol. The molecule has 0 aromatic heterocycles. The predicted molar refractivity (Wildman–Crippen MR) is 69.6 cm³/mol. The summed E-state index contributed by atoms with van der Waals surface area (Å²) in [4.78, 5) is 0. The highest BCUT2D eigenvalue weighted by molar-refractivity contribution is 4.93. The molecule has 1 aliphatic rings. The van der Waals surface area contributed by atoms with Gasteiger partial charge in [0.1, 0.15) is 0 Å². The number of ether oxygens (including phenoxy) is 1. The van der Waals surface area contributed by atoms with Crippen molar-refractivity contribution in [3.63, 3.8) is 0 Å². The molecule has 16 heavy (non-hydrogen) atoms. The second-order valence-corrected chi connectivity index (χ2v) is 5.45. The van der Waals surface area contributed by atoms with E-state index in [4.69, 9.17) is 4.74 Å². The van der Waals surface area contributed by atoms with Crippen molar-refractivity contribution >= 4 is 0 Å². The van der Waals surface area contributed by atoms with E-state index in [0.29, 0.717) is 30.1 Å². The topological polar surface area (TPSA) is 21.3 Å². The van der Waals surface area contributed by atoms with Crippen molar-refractivity contribution < 1.29 is 4.74 Å². The fourth-order valence-electron chi connectivity index (χ4n) is 3.12. The Morgan fingerprint density at radius 2 is 1.75 bits per heavy atom. The standard InChI is InChI=1S/C14H29NO/c1-7-9(3)14(15-8-2)13-10(4)11(5)16-12(13)6/h9-15H,7-8H2,1-6H3. The van der Waals surface area contributed by atoms with Gasteiger partial charge in [-0.25, -0.2) is 0 Å². The molecular weight excluding hydrogens is 198 g/mol. The summed E-state index contributed by atoms with van der Waals surface area (Å²) in [5, 5.41) is 3.68. The number of rotatable bonds is 5. The van der Waals surface area contributed by atoms with Crippen molar-refractivity contribution in [2.24, 2.45) is 17.8 Å². The number of hydrogen-bond acceptors (Lipinski definition) is 2. The summed E-state index contributed by atoms with van der Waals surface area (Å²) in [5.41, 5.74) is 0. The summed E-state index contributed by atoms with van der Waals surface area (Å²) in [6, 6.07) is 0.602. The van der Waals surface area contributed by atoms with Gasteiger partial charge in [0.05, 0.1) is 12.2 Å². The van der Waals surface area contributed by atoms with Crippen molar-refractivity contribution in [1.29, 1.82) is 0 Å². The summed E-state index contributed by atoms with van der Waals surface area (Å²) in [6.45, 7) is 14.7. The molecule has 96 valence electrons. The SMILES string of the molecule is CCNC(C(C)CC)C1C(C)OC(C)C1C. The zero-order valence-electron chi connectivity index (χ0n) is 11.8. The van der Waals surface area contributed by atoms with E-state index in [9.17, 15) is 0 Å². The van der Waals surface area contributed by atoms with Crippen LogP contribution in [0.3, 0.4) is 0 Å². The lowest BCUT2D eigenvalue weighted by Gasteiger charge is -2.33. The second-order valence-electron chi connectivity index (χ2n) is 5.45. The molecule has 6 atom stereocenters. The lowest BCUT2D eigenvalue weighted by molar-refractivity contribution is 0.0448. The molecule has 1 fully saturated rings. The van der Waals surface area contributed by atoms with Gasteiger partial charge in [-0.05, 0) is 32.2 Å². The average Bonchev–Trinajstić information content (AvgIpc) is 2.50. The van der Waals surface area contributed by atoms with Gasteiger partial charge >= 0.3 is 0 Å². The summed E-state index contributed by atoms with van der Waals surface area (Å²) in [6.07, 6.45) is 2.04. The van der Waals surface area contributed by atoms with Crippen LogP contribution in [-0.2, 0) is 4.74 Å². The molecule has 0 aliphatic carbocycles. The van der Waals surface area contributed by atoms with Crippen molar-refractivity contribution in [3.05, 3.63) is 0 Å². The van der Waals surface area contributed by atoms with Gasteiger partial charge in [0, 0.05) is 12.0 Å². The summed E-state index contributed by atoms with van der Waals surface area (Å²) >= 11 is 0. The summed E-state index contributed by atoms with van der Waals surface area (Å²) in [5.74, 6) is 2.04. The largest absolute Gasteiger partial charge is 0.375 e. The molecule has 1 N–H and O–H groups in total. The molecule has 1 aliphatic heterocycles. The van der Waals surface area contributed by atoms with Crippen LogP contribution in [0.25, 0.3) is 0 Å². The van der Waals surface area contributed by atoms with Crippen LogP contribution in [0.1, 0.15) is 48.0 Å². The van der Waals surface area contributed by atoms with Crippen molar-refractivity contribution in [1.82, 2.24) is 5.32 Å². The Morgan fingerprint density at radius 1 is 1.12 bits per heavy atom. The fourth-order valence-corrected chi connectivity index (χ4v) is 3.12. The maximum Gasteiger partial charge on any atom is 0.0597 e. The van der Waals surface area contributed by atoms with Crippen LogP contribution < -0.4 is 5.32 Å². The minimum Gasteiger partial charge on any atom is -0.375 e. The monoisotopic (exact) mass is 227 g/mol. The Bertz CT molecular complexity index is 207. The van der Waals surface area contributed by atoms with E-state index in [-0.39, 0.29) is 0 Å². The van der Waals surface area contributed by atoms with Gasteiger partial charge in [0.15, 0.2) is 0 Å². The van der Waals surface area contributed by atoms with E-state index in [2.05, 4.69) is 46.9 Å². The summed E-state index contributed by atoms with van der Waals surface area (Å²) < 4.78 is 5.97. The molecule has 0 bridgehead atoms. The van der Waals surface area contributed by atoms with E-state index in [1.165, 1.54) is 6.42 Å². The zero-order valence-corrected chi connectivity index (χ0v) is 11.8. The van der Waals surface area contributed by atoms with Gasteiger partial charge in [-0.1, -0.05) is 34.1 Å². The van der Waals surface area contributed by atoms with Gasteiger partial charge in [-0.3, -0.25) is 0 Å². The maximum absolute atomic E-state index is 5.97. The van der Waals surface area contributed by atoms with Crippen LogP contribution in [0.4, 0.5) is 0 Å². The smallest absolute Gasteiger partial charge is 0.0597 e. The van der Waals surface area contributed by atoms with Crippen molar-refractivity contribution in [3.8, 4) is 0 Å². The van der Waals surface area contributed by atoms with Gasteiger partial charge < -0.3 is 10.1 Å². The van der Waals surface area contributed by atoms with E-state index < -0.39 is 0 Å². The Balaban J connectivity index is 2.76. The predicted octanol–water partition coefficient (Wildman–Crippen LogP) is 3.07. The molecule has 0 spiro atoms. The van der Waals surface area contributed by atoms with Crippen LogP contribution in [-0.4, -0.2) is 24.8 Å². The highest BCUT2D eigenvalue weighted by atomic mass is 16.5. The van der Waals surface area contributed by atoms with Gasteiger partial charge in [-0.2, -0.15) is 0 Å². The Labute approximate surface area is 101 Å². The molecule has 0 aromatic carbocycles. The first kappa shape index (κ1) is 14.0. The maximum atomic E-state index is 5.97. The first-order valence-corrected chi connectivity index (χ1v) is 6.91. The molecule has 1 heterocycles. The quantitative estimate of drug-likeness (QED) is 0.779. The fraction of sp³-hybridized carbons (Fsp3) is 1.00. The Morgan fingerprint density at radius 3 is 2.12 bits per heavy atom. The third-order valence-corrected chi connectivity index (χ3v) is 4.43. The summed E-state index contributed by atoms with van der Waals surface area (Å²) in [7, 11) is 0. The van der Waals surface area contributed by atoms with E-state index in [1.807, 2.05) is 0 Å². The molecule has 2 nitrogen and oxygen atoms in total. The third-order valence-electron chi connectivity index (χ3n) is 4.43. The molecule has 0 radical (unpaired) electrons. The molecule has 2 heteroatoms. The number of hydrogen-bond donors (Lipinski definition) is 1. The highest BCUT2D eigenvalue weighted by Gasteiger charge is 2.42. The molecule has 0 saturated carbocycles. The van der Waals surface area contributed by atoms with Crippen LogP contribution in [0, 0.1) is 17.8 Å². The van der Waals surface area contributed by atoms with Gasteiger partial charge in [0.25, 0.3) is 0 Å². The first-order chi connectivity index (χ1) is 7.52. The Kier molecular flexibility index (Phi) is 5.26. The van der Waals surface area contributed by atoms with Crippen molar-refractivity contribution in [2.75, 3.05) is 6.54 Å². The van der Waals surface area contributed by atoms with E-state index in [1.54, 1.807) is 0 Å². The molecule has 1 saturated heterocycles. The normalized spacial score (nSPS) is 38.6. The Hall–Kier alpha value is -0.0800. The lowest BCUT2D eigenvalue weighted by Crippen LogP contribution is -2.45. The molecular formula is C14H29NO. The molecule has 0 aromatic rings. The van der Waals surface area contributed by atoms with Gasteiger partial charge in [0.2, 0.25) is 0 Å².